The van der Waals surface area contributed by atoms with E-state index in [2.05, 4.69) is 25.3 Å². The monoisotopic (exact) mass is 355 g/mol. The molecule has 2 aliphatic rings. The van der Waals surface area contributed by atoms with E-state index in [0.717, 1.165) is 56.1 Å². The van der Waals surface area contributed by atoms with Crippen LogP contribution in [0.2, 0.25) is 0 Å². The zero-order valence-electron chi connectivity index (χ0n) is 14.8. The van der Waals surface area contributed by atoms with Gasteiger partial charge in [-0.2, -0.15) is 5.10 Å². The lowest BCUT2D eigenvalue weighted by Crippen LogP contribution is -2.52. The lowest BCUT2D eigenvalue weighted by molar-refractivity contribution is 0.0193. The van der Waals surface area contributed by atoms with E-state index >= 15 is 0 Å². The van der Waals surface area contributed by atoms with E-state index < -0.39 is 5.60 Å². The topological polar surface area (TPSA) is 84.5 Å². The van der Waals surface area contributed by atoms with E-state index in [1.807, 2.05) is 30.3 Å². The third-order valence-corrected chi connectivity index (χ3v) is 5.29. The van der Waals surface area contributed by atoms with Crippen molar-refractivity contribution in [3.63, 3.8) is 0 Å². The maximum absolute atomic E-state index is 11.9. The molecule has 2 saturated heterocycles. The van der Waals surface area contributed by atoms with Gasteiger partial charge in [0.15, 0.2) is 0 Å². The van der Waals surface area contributed by atoms with Crippen LogP contribution in [-0.2, 0) is 0 Å². The van der Waals surface area contributed by atoms with Crippen LogP contribution < -0.4 is 15.8 Å². The van der Waals surface area contributed by atoms with Crippen LogP contribution in [0.3, 0.4) is 0 Å². The molecule has 0 aliphatic carbocycles. The summed E-state index contributed by atoms with van der Waals surface area (Å²) in [6.07, 6.45) is 0.809. The Bertz CT molecular complexity index is 793. The third-order valence-electron chi connectivity index (χ3n) is 5.29. The van der Waals surface area contributed by atoms with Crippen LogP contribution in [0.25, 0.3) is 11.3 Å². The SMILES string of the molecule is O=c1cc(N2CCN(CC3(O)CCNC3)CC2)c(-c2ccccc2)n[nH]1. The molecule has 3 heterocycles. The van der Waals surface area contributed by atoms with Crippen LogP contribution in [0.4, 0.5) is 5.69 Å². The summed E-state index contributed by atoms with van der Waals surface area (Å²) in [7, 11) is 0. The minimum absolute atomic E-state index is 0.187. The van der Waals surface area contributed by atoms with Crippen LogP contribution in [-0.4, -0.2) is 71.6 Å². The molecule has 2 aromatic rings. The van der Waals surface area contributed by atoms with Gasteiger partial charge in [-0.3, -0.25) is 9.69 Å². The molecule has 0 amide bonds. The van der Waals surface area contributed by atoms with Gasteiger partial charge in [-0.1, -0.05) is 30.3 Å². The first-order valence-electron chi connectivity index (χ1n) is 9.19. The number of piperazine rings is 1. The highest BCUT2D eigenvalue weighted by Crippen LogP contribution is 2.28. The summed E-state index contributed by atoms with van der Waals surface area (Å²) in [6, 6.07) is 11.6. The van der Waals surface area contributed by atoms with Crippen LogP contribution in [0, 0.1) is 0 Å². The highest BCUT2D eigenvalue weighted by Gasteiger charge is 2.34. The summed E-state index contributed by atoms with van der Waals surface area (Å²) >= 11 is 0. The van der Waals surface area contributed by atoms with Crippen molar-refractivity contribution in [2.75, 3.05) is 50.7 Å². The fourth-order valence-corrected chi connectivity index (χ4v) is 3.87. The van der Waals surface area contributed by atoms with Gasteiger partial charge < -0.3 is 15.3 Å². The molecule has 3 N–H and O–H groups in total. The number of aromatic nitrogens is 2. The van der Waals surface area contributed by atoms with E-state index in [1.54, 1.807) is 6.07 Å². The number of nitrogens with zero attached hydrogens (tertiary/aromatic N) is 3. The summed E-state index contributed by atoms with van der Waals surface area (Å²) in [5.74, 6) is 0. The molecular formula is C19H25N5O2. The Labute approximate surface area is 152 Å². The van der Waals surface area contributed by atoms with Crippen LogP contribution in [0.1, 0.15) is 6.42 Å². The van der Waals surface area contributed by atoms with E-state index in [-0.39, 0.29) is 5.56 Å². The number of nitrogens with one attached hydrogen (secondary N) is 2. The molecular weight excluding hydrogens is 330 g/mol. The second-order valence-electron chi connectivity index (χ2n) is 7.25. The minimum atomic E-state index is -0.608. The average Bonchev–Trinajstić information content (AvgIpc) is 3.09. The molecule has 1 aromatic carbocycles. The van der Waals surface area contributed by atoms with Crippen LogP contribution in [0.5, 0.6) is 0 Å². The predicted octanol–water partition coefficient (Wildman–Crippen LogP) is 0.283. The number of H-pyrrole nitrogens is 1. The maximum atomic E-state index is 11.9. The molecule has 7 heteroatoms. The second-order valence-corrected chi connectivity index (χ2v) is 7.25. The molecule has 1 unspecified atom stereocenters. The number of hydrogen-bond acceptors (Lipinski definition) is 6. The summed E-state index contributed by atoms with van der Waals surface area (Å²) in [6.45, 7) is 5.61. The molecule has 1 atom stereocenters. The predicted molar refractivity (Wildman–Crippen MR) is 101 cm³/mol. The second kappa shape index (κ2) is 7.19. The fraction of sp³-hybridized carbons (Fsp3) is 0.474. The lowest BCUT2D eigenvalue weighted by Gasteiger charge is -2.39. The summed E-state index contributed by atoms with van der Waals surface area (Å²) in [5, 5.41) is 20.7. The quantitative estimate of drug-likeness (QED) is 0.731. The number of rotatable bonds is 4. The van der Waals surface area contributed by atoms with Gasteiger partial charge in [0.25, 0.3) is 5.56 Å². The summed E-state index contributed by atoms with van der Waals surface area (Å²) in [5.41, 5.74) is 1.88. The molecule has 2 fully saturated rings. The smallest absolute Gasteiger partial charge is 0.266 e. The average molecular weight is 355 g/mol. The van der Waals surface area contributed by atoms with Crippen molar-refractivity contribution >= 4 is 5.69 Å². The molecule has 0 radical (unpaired) electrons. The highest BCUT2D eigenvalue weighted by molar-refractivity contribution is 5.74. The van der Waals surface area contributed by atoms with Gasteiger partial charge in [-0.05, 0) is 13.0 Å². The summed E-state index contributed by atoms with van der Waals surface area (Å²) < 4.78 is 0. The maximum Gasteiger partial charge on any atom is 0.266 e. The molecule has 2 aliphatic heterocycles. The molecule has 26 heavy (non-hydrogen) atoms. The number of benzene rings is 1. The lowest BCUT2D eigenvalue weighted by atomic mass is 10.0. The Morgan fingerprint density at radius 2 is 1.92 bits per heavy atom. The van der Waals surface area contributed by atoms with Crippen LogP contribution in [0.15, 0.2) is 41.2 Å². The van der Waals surface area contributed by atoms with E-state index in [4.69, 9.17) is 0 Å². The zero-order chi connectivity index (χ0) is 18.0. The molecule has 7 nitrogen and oxygen atoms in total. The van der Waals surface area contributed by atoms with Gasteiger partial charge in [-0.25, -0.2) is 5.10 Å². The van der Waals surface area contributed by atoms with Gasteiger partial charge in [0.2, 0.25) is 0 Å². The van der Waals surface area contributed by atoms with Crippen molar-refractivity contribution < 1.29 is 5.11 Å². The van der Waals surface area contributed by atoms with Crippen LogP contribution >= 0.6 is 0 Å². The Balaban J connectivity index is 1.49. The Kier molecular flexibility index (Phi) is 4.76. The molecule has 0 spiro atoms. The first kappa shape index (κ1) is 17.2. The largest absolute Gasteiger partial charge is 0.387 e. The van der Waals surface area contributed by atoms with Gasteiger partial charge >= 0.3 is 0 Å². The minimum Gasteiger partial charge on any atom is -0.387 e. The molecule has 1 aromatic heterocycles. The summed E-state index contributed by atoms with van der Waals surface area (Å²) in [4.78, 5) is 16.4. The molecule has 4 rings (SSSR count). The third kappa shape index (κ3) is 3.65. The Morgan fingerprint density at radius 3 is 2.62 bits per heavy atom. The van der Waals surface area contributed by atoms with Gasteiger partial charge in [0.05, 0.1) is 11.3 Å². The van der Waals surface area contributed by atoms with E-state index in [9.17, 15) is 9.90 Å². The highest BCUT2D eigenvalue weighted by atomic mass is 16.3. The van der Waals surface area contributed by atoms with E-state index in [1.165, 1.54) is 0 Å². The standard InChI is InChI=1S/C19H25N5O2/c25-17-12-16(18(22-21-17)15-4-2-1-3-5-15)24-10-8-23(9-11-24)14-19(26)6-7-20-13-19/h1-5,12,20,26H,6-11,13-14H2,(H,21,25). The normalized spacial score (nSPS) is 24.1. The first-order chi connectivity index (χ1) is 12.6. The number of anilines is 1. The van der Waals surface area contributed by atoms with E-state index in [0.29, 0.717) is 13.1 Å². The van der Waals surface area contributed by atoms with Crippen molar-refractivity contribution in [1.82, 2.24) is 20.4 Å². The van der Waals surface area contributed by atoms with Gasteiger partial charge in [0, 0.05) is 50.9 Å². The Morgan fingerprint density at radius 1 is 1.15 bits per heavy atom. The molecule has 0 bridgehead atoms. The van der Waals surface area contributed by atoms with Crippen molar-refractivity contribution in [2.24, 2.45) is 0 Å². The van der Waals surface area contributed by atoms with Crippen molar-refractivity contribution in [2.45, 2.75) is 12.0 Å². The van der Waals surface area contributed by atoms with Gasteiger partial charge in [0.1, 0.15) is 5.69 Å². The molecule has 138 valence electrons. The van der Waals surface area contributed by atoms with Crippen molar-refractivity contribution in [3.05, 3.63) is 46.8 Å². The first-order valence-corrected chi connectivity index (χ1v) is 9.19. The van der Waals surface area contributed by atoms with Crippen molar-refractivity contribution in [3.8, 4) is 11.3 Å². The van der Waals surface area contributed by atoms with Gasteiger partial charge in [-0.15, -0.1) is 0 Å². The zero-order valence-corrected chi connectivity index (χ0v) is 14.8. The van der Waals surface area contributed by atoms with Crippen molar-refractivity contribution in [1.29, 1.82) is 0 Å². The number of aliphatic hydroxyl groups is 1. The number of hydrogen-bond donors (Lipinski definition) is 3. The Hall–Kier alpha value is -2.22. The molecule has 0 saturated carbocycles. The fourth-order valence-electron chi connectivity index (χ4n) is 3.87. The number of aromatic amines is 1. The number of β-amino-alcohol motifs (C(OH)–C–C–N with tert-alkyl or cyclic N) is 1.